The quantitative estimate of drug-likeness (QED) is 0.354. The predicted molar refractivity (Wildman–Crippen MR) is 118 cm³/mol. The number of hydrogen-bond donors (Lipinski definition) is 2. The lowest BCUT2D eigenvalue weighted by Gasteiger charge is -2.30. The van der Waals surface area contributed by atoms with E-state index in [1.54, 1.807) is 21.3 Å². The van der Waals surface area contributed by atoms with Gasteiger partial charge in [-0.1, -0.05) is 6.92 Å². The number of rotatable bonds is 10. The van der Waals surface area contributed by atoms with Crippen molar-refractivity contribution < 1.29 is 14.2 Å². The molecule has 164 valence electrons. The molecule has 0 radical (unpaired) electrons. The first-order valence-electron chi connectivity index (χ1n) is 10.6. The van der Waals surface area contributed by atoms with E-state index in [1.807, 2.05) is 12.1 Å². The minimum atomic E-state index is 0.489. The van der Waals surface area contributed by atoms with Crippen molar-refractivity contribution in [1.29, 1.82) is 0 Å². The predicted octanol–water partition coefficient (Wildman–Crippen LogP) is 2.89. The van der Waals surface area contributed by atoms with Crippen LogP contribution in [0.25, 0.3) is 0 Å². The van der Waals surface area contributed by atoms with Gasteiger partial charge in [0.15, 0.2) is 17.5 Å². The summed E-state index contributed by atoms with van der Waals surface area (Å²) in [7, 11) is 4.90. The summed E-state index contributed by atoms with van der Waals surface area (Å²) in [5.41, 5.74) is 0.949. The highest BCUT2D eigenvalue weighted by atomic mass is 16.5. The molecule has 0 unspecified atom stereocenters. The number of methoxy groups -OCH3 is 3. The fraction of sp³-hybridized carbons (Fsp3) is 0.682. The molecule has 1 aromatic carbocycles. The molecule has 1 heterocycles. The van der Waals surface area contributed by atoms with Crippen molar-refractivity contribution in [3.8, 4) is 17.2 Å². The van der Waals surface area contributed by atoms with Crippen molar-refractivity contribution in [1.82, 2.24) is 15.5 Å². The Morgan fingerprint density at radius 2 is 1.69 bits per heavy atom. The van der Waals surface area contributed by atoms with Gasteiger partial charge in [-0.05, 0) is 57.8 Å². The number of benzene rings is 1. The van der Waals surface area contributed by atoms with E-state index in [4.69, 9.17) is 19.2 Å². The first kappa shape index (κ1) is 23.1. The maximum atomic E-state index is 5.50. The molecule has 2 N–H and O–H groups in total. The third-order valence-corrected chi connectivity index (χ3v) is 5.36. The molecule has 0 aliphatic carbocycles. The third kappa shape index (κ3) is 7.31. The van der Waals surface area contributed by atoms with Gasteiger partial charge in [-0.2, -0.15) is 0 Å². The van der Waals surface area contributed by atoms with Gasteiger partial charge in [0, 0.05) is 24.7 Å². The van der Waals surface area contributed by atoms with Gasteiger partial charge < -0.3 is 29.7 Å². The average molecular weight is 407 g/mol. The van der Waals surface area contributed by atoms with Gasteiger partial charge in [-0.15, -0.1) is 0 Å². The van der Waals surface area contributed by atoms with E-state index in [1.165, 1.54) is 25.9 Å². The van der Waals surface area contributed by atoms with Crippen LogP contribution in [-0.4, -0.2) is 64.9 Å². The van der Waals surface area contributed by atoms with Gasteiger partial charge >= 0.3 is 0 Å². The standard InChI is InChI=1S/C22H38N4O3/c1-6-23-22(24-10-7-11-26-12-8-17(2)9-13-26)25-16-18-14-20(28-4)21(29-5)15-19(18)27-3/h14-15,17H,6-13,16H2,1-5H3,(H2,23,24,25). The number of guanidine groups is 1. The molecule has 0 amide bonds. The van der Waals surface area contributed by atoms with E-state index in [9.17, 15) is 0 Å². The van der Waals surface area contributed by atoms with E-state index in [2.05, 4.69) is 29.4 Å². The zero-order valence-electron chi connectivity index (χ0n) is 18.7. The summed E-state index contributed by atoms with van der Waals surface area (Å²) < 4.78 is 16.3. The fourth-order valence-corrected chi connectivity index (χ4v) is 3.52. The van der Waals surface area contributed by atoms with E-state index in [-0.39, 0.29) is 0 Å². The van der Waals surface area contributed by atoms with Crippen LogP contribution in [0.2, 0.25) is 0 Å². The van der Waals surface area contributed by atoms with Gasteiger partial charge in [0.05, 0.1) is 27.9 Å². The van der Waals surface area contributed by atoms with Gasteiger partial charge in [0.2, 0.25) is 0 Å². The first-order chi connectivity index (χ1) is 14.1. The summed E-state index contributed by atoms with van der Waals surface area (Å²) in [4.78, 5) is 7.29. The average Bonchev–Trinajstić information content (AvgIpc) is 2.75. The molecule has 0 bridgehead atoms. The number of hydrogen-bond acceptors (Lipinski definition) is 5. The molecule has 7 nitrogen and oxygen atoms in total. The Morgan fingerprint density at radius 1 is 1.03 bits per heavy atom. The number of likely N-dealkylation sites (tertiary alicyclic amines) is 1. The molecular formula is C22H38N4O3. The number of nitrogens with one attached hydrogen (secondary N) is 2. The zero-order chi connectivity index (χ0) is 21.1. The molecule has 7 heteroatoms. The Labute approximate surface area is 175 Å². The monoisotopic (exact) mass is 406 g/mol. The van der Waals surface area contributed by atoms with Crippen LogP contribution in [0.5, 0.6) is 17.2 Å². The normalized spacial score (nSPS) is 15.8. The van der Waals surface area contributed by atoms with Crippen LogP contribution in [0.3, 0.4) is 0 Å². The Bertz CT molecular complexity index is 643. The molecule has 0 aromatic heterocycles. The van der Waals surface area contributed by atoms with Crippen LogP contribution in [0.1, 0.15) is 38.7 Å². The van der Waals surface area contributed by atoms with Crippen molar-refractivity contribution in [2.75, 3.05) is 54.1 Å². The Kier molecular flexibility index (Phi) is 9.91. The molecule has 2 rings (SSSR count). The molecule has 1 saturated heterocycles. The molecule has 1 aliphatic rings. The Hall–Kier alpha value is -2.15. The van der Waals surface area contributed by atoms with Crippen molar-refractivity contribution in [2.45, 2.75) is 39.7 Å². The van der Waals surface area contributed by atoms with Gasteiger partial charge in [0.1, 0.15) is 5.75 Å². The largest absolute Gasteiger partial charge is 0.496 e. The van der Waals surface area contributed by atoms with Crippen molar-refractivity contribution in [2.24, 2.45) is 10.9 Å². The molecule has 1 aromatic rings. The summed E-state index contributed by atoms with van der Waals surface area (Å²) in [6.45, 7) is 10.2. The van der Waals surface area contributed by atoms with Gasteiger partial charge in [-0.25, -0.2) is 4.99 Å². The van der Waals surface area contributed by atoms with Crippen molar-refractivity contribution >= 4 is 5.96 Å². The van der Waals surface area contributed by atoms with E-state index >= 15 is 0 Å². The Morgan fingerprint density at radius 3 is 2.31 bits per heavy atom. The summed E-state index contributed by atoms with van der Waals surface area (Å²) in [6, 6.07) is 3.76. The van der Waals surface area contributed by atoms with Crippen LogP contribution in [0.15, 0.2) is 17.1 Å². The van der Waals surface area contributed by atoms with E-state index < -0.39 is 0 Å². The molecule has 0 saturated carbocycles. The van der Waals surface area contributed by atoms with Crippen LogP contribution in [0, 0.1) is 5.92 Å². The lowest BCUT2D eigenvalue weighted by atomic mass is 9.99. The number of ether oxygens (including phenoxy) is 3. The van der Waals surface area contributed by atoms with Crippen molar-refractivity contribution in [3.05, 3.63) is 17.7 Å². The lowest BCUT2D eigenvalue weighted by molar-refractivity contribution is 0.191. The van der Waals surface area contributed by atoms with E-state index in [0.29, 0.717) is 18.0 Å². The molecular weight excluding hydrogens is 368 g/mol. The number of piperidine rings is 1. The molecule has 1 aliphatic heterocycles. The molecule has 1 fully saturated rings. The summed E-state index contributed by atoms with van der Waals surface area (Å²) in [5.74, 6) is 3.75. The SMILES string of the molecule is CCNC(=NCc1cc(OC)c(OC)cc1OC)NCCCN1CCC(C)CC1. The zero-order valence-corrected chi connectivity index (χ0v) is 18.7. The second-order valence-electron chi connectivity index (χ2n) is 7.52. The highest BCUT2D eigenvalue weighted by Crippen LogP contribution is 2.34. The topological polar surface area (TPSA) is 67.4 Å². The number of nitrogens with zero attached hydrogens (tertiary/aromatic N) is 2. The second kappa shape index (κ2) is 12.4. The highest BCUT2D eigenvalue weighted by molar-refractivity contribution is 5.79. The maximum absolute atomic E-state index is 5.50. The van der Waals surface area contributed by atoms with Crippen LogP contribution in [-0.2, 0) is 6.54 Å². The molecule has 29 heavy (non-hydrogen) atoms. The van der Waals surface area contributed by atoms with E-state index in [0.717, 1.165) is 49.2 Å². The lowest BCUT2D eigenvalue weighted by Crippen LogP contribution is -2.39. The third-order valence-electron chi connectivity index (χ3n) is 5.36. The number of aliphatic imine (C=N–C) groups is 1. The van der Waals surface area contributed by atoms with Gasteiger partial charge in [-0.3, -0.25) is 0 Å². The highest BCUT2D eigenvalue weighted by Gasteiger charge is 2.15. The summed E-state index contributed by atoms with van der Waals surface area (Å²) >= 11 is 0. The minimum Gasteiger partial charge on any atom is -0.496 e. The second-order valence-corrected chi connectivity index (χ2v) is 7.52. The van der Waals surface area contributed by atoms with Crippen LogP contribution < -0.4 is 24.8 Å². The van der Waals surface area contributed by atoms with Gasteiger partial charge in [0.25, 0.3) is 0 Å². The first-order valence-corrected chi connectivity index (χ1v) is 10.6. The molecule has 0 spiro atoms. The summed E-state index contributed by atoms with van der Waals surface area (Å²) in [6.07, 6.45) is 3.76. The smallest absolute Gasteiger partial charge is 0.191 e. The van der Waals surface area contributed by atoms with Crippen molar-refractivity contribution in [3.63, 3.8) is 0 Å². The fourth-order valence-electron chi connectivity index (χ4n) is 3.52. The van der Waals surface area contributed by atoms with Crippen LogP contribution in [0.4, 0.5) is 0 Å². The molecule has 0 atom stereocenters. The maximum Gasteiger partial charge on any atom is 0.191 e. The summed E-state index contributed by atoms with van der Waals surface area (Å²) in [5, 5.41) is 6.76. The Balaban J connectivity index is 1.91. The minimum absolute atomic E-state index is 0.489. The van der Waals surface area contributed by atoms with Crippen LogP contribution >= 0.6 is 0 Å².